The lowest BCUT2D eigenvalue weighted by molar-refractivity contribution is 0.165. The predicted molar refractivity (Wildman–Crippen MR) is 121 cm³/mol. The summed E-state index contributed by atoms with van der Waals surface area (Å²) in [6.07, 6.45) is 1.92. The Labute approximate surface area is 182 Å². The van der Waals surface area contributed by atoms with E-state index in [1.807, 2.05) is 23.0 Å². The van der Waals surface area contributed by atoms with Crippen molar-refractivity contribution in [2.45, 2.75) is 19.9 Å². The minimum atomic E-state index is -0.108. The van der Waals surface area contributed by atoms with Crippen LogP contribution in [-0.2, 0) is 0 Å². The molecule has 8 heteroatoms. The summed E-state index contributed by atoms with van der Waals surface area (Å²) < 4.78 is 25.5. The van der Waals surface area contributed by atoms with Crippen molar-refractivity contribution in [3.05, 3.63) is 46.8 Å². The van der Waals surface area contributed by atoms with E-state index >= 15 is 0 Å². The third-order valence-electron chi connectivity index (χ3n) is 5.80. The summed E-state index contributed by atoms with van der Waals surface area (Å²) in [6, 6.07) is 8.82. The highest BCUT2D eigenvalue weighted by Crippen LogP contribution is 2.46. The van der Waals surface area contributed by atoms with Crippen LogP contribution in [0.4, 0.5) is 0 Å². The number of methoxy groups -OCH3 is 1. The van der Waals surface area contributed by atoms with Crippen molar-refractivity contribution < 1.29 is 18.6 Å². The number of nitrogens with one attached hydrogen (secondary N) is 1. The lowest BCUT2D eigenvalue weighted by Gasteiger charge is -2.21. The van der Waals surface area contributed by atoms with Gasteiger partial charge in [-0.25, -0.2) is 4.98 Å². The first kappa shape index (κ1) is 18.8. The van der Waals surface area contributed by atoms with E-state index in [0.29, 0.717) is 47.1 Å². The standard InChI is InChI=1S/C24H21N3O5/c1-12(2)27-24-16(11-25-27)20(13-8-18(29-3)22-19(9-13)30-6-7-31-22)23-21(26-24)15-5-4-14(28)10-17(15)32-23/h4-5,8-12,25H,6-7H2,1-3H3. The Morgan fingerprint density at radius 2 is 1.97 bits per heavy atom. The van der Waals surface area contributed by atoms with Crippen LogP contribution in [0.1, 0.15) is 19.9 Å². The molecule has 0 aliphatic carbocycles. The first-order valence-electron chi connectivity index (χ1n) is 10.5. The van der Waals surface area contributed by atoms with Gasteiger partial charge < -0.3 is 23.7 Å². The van der Waals surface area contributed by atoms with Crippen molar-refractivity contribution in [2.75, 3.05) is 20.3 Å². The molecule has 8 nitrogen and oxygen atoms in total. The molecule has 4 heterocycles. The van der Waals surface area contributed by atoms with E-state index in [9.17, 15) is 4.79 Å². The van der Waals surface area contributed by atoms with E-state index in [1.54, 1.807) is 13.2 Å². The van der Waals surface area contributed by atoms with Gasteiger partial charge in [0.25, 0.3) is 0 Å². The van der Waals surface area contributed by atoms with Crippen LogP contribution in [-0.4, -0.2) is 35.1 Å². The van der Waals surface area contributed by atoms with Crippen molar-refractivity contribution in [3.63, 3.8) is 0 Å². The monoisotopic (exact) mass is 431 g/mol. The first-order chi connectivity index (χ1) is 15.5. The van der Waals surface area contributed by atoms with Crippen LogP contribution in [0, 0.1) is 0 Å². The van der Waals surface area contributed by atoms with Crippen molar-refractivity contribution in [2.24, 2.45) is 0 Å². The maximum Gasteiger partial charge on any atom is 0.203 e. The van der Waals surface area contributed by atoms with Gasteiger partial charge >= 0.3 is 0 Å². The average molecular weight is 431 g/mol. The number of hydrogen-bond acceptors (Lipinski definition) is 6. The molecule has 1 aliphatic rings. The summed E-state index contributed by atoms with van der Waals surface area (Å²) in [7, 11) is 1.61. The fourth-order valence-corrected chi connectivity index (χ4v) is 4.36. The smallest absolute Gasteiger partial charge is 0.203 e. The molecule has 1 N–H and O–H groups in total. The molecule has 0 fully saturated rings. The fourth-order valence-electron chi connectivity index (χ4n) is 4.36. The number of fused-ring (bicyclic) bond motifs is 5. The third-order valence-corrected chi connectivity index (χ3v) is 5.80. The SMILES string of the molecule is COc1cc(-c2c3c[nH]n(C(C)C)c3nc3c2oc2cc(=O)ccc23)cc2c1OCCO2. The van der Waals surface area contributed by atoms with Crippen LogP contribution in [0.5, 0.6) is 17.2 Å². The highest BCUT2D eigenvalue weighted by atomic mass is 16.6. The highest BCUT2D eigenvalue weighted by Gasteiger charge is 2.25. The molecule has 0 bridgehead atoms. The normalized spacial score (nSPS) is 13.5. The van der Waals surface area contributed by atoms with E-state index in [2.05, 4.69) is 18.9 Å². The second-order valence-corrected chi connectivity index (χ2v) is 8.10. The summed E-state index contributed by atoms with van der Waals surface area (Å²) in [5.74, 6) is 1.80. The van der Waals surface area contributed by atoms with E-state index < -0.39 is 0 Å². The van der Waals surface area contributed by atoms with Gasteiger partial charge in [-0.15, -0.1) is 0 Å². The molecule has 0 radical (unpaired) electrons. The van der Waals surface area contributed by atoms with Gasteiger partial charge in [0.05, 0.1) is 7.11 Å². The number of aromatic nitrogens is 3. The van der Waals surface area contributed by atoms with E-state index in [0.717, 1.165) is 27.5 Å². The molecular weight excluding hydrogens is 410 g/mol. The Kier molecular flexibility index (Phi) is 3.98. The van der Waals surface area contributed by atoms with Crippen molar-refractivity contribution in [1.82, 2.24) is 14.8 Å². The number of rotatable bonds is 3. The molecule has 0 atom stereocenters. The molecule has 0 saturated carbocycles. The number of pyridine rings is 1. The molecule has 0 amide bonds. The Bertz CT molecular complexity index is 1560. The van der Waals surface area contributed by atoms with Crippen LogP contribution in [0.15, 0.2) is 45.7 Å². The van der Waals surface area contributed by atoms with Crippen LogP contribution in [0.2, 0.25) is 0 Å². The second kappa shape index (κ2) is 6.78. The topological polar surface area (TPSA) is 91.5 Å². The van der Waals surface area contributed by atoms with Crippen LogP contribution < -0.4 is 19.6 Å². The maximum atomic E-state index is 11.9. The van der Waals surface area contributed by atoms with E-state index in [4.69, 9.17) is 23.6 Å². The maximum absolute atomic E-state index is 11.9. The summed E-state index contributed by atoms with van der Waals surface area (Å²) in [5, 5.41) is 5.00. The molecule has 2 aromatic carbocycles. The van der Waals surface area contributed by atoms with Crippen molar-refractivity contribution in [1.29, 1.82) is 0 Å². The second-order valence-electron chi connectivity index (χ2n) is 8.10. The Morgan fingerprint density at radius 3 is 2.78 bits per heavy atom. The summed E-state index contributed by atoms with van der Waals surface area (Å²) in [6.45, 7) is 5.12. The van der Waals surface area contributed by atoms with Gasteiger partial charge in [0.1, 0.15) is 24.3 Å². The van der Waals surface area contributed by atoms with E-state index in [1.165, 1.54) is 12.1 Å². The number of furan rings is 1. The largest absolute Gasteiger partial charge is 0.493 e. The van der Waals surface area contributed by atoms with Crippen LogP contribution in [0.3, 0.4) is 0 Å². The molecule has 162 valence electrons. The van der Waals surface area contributed by atoms with Gasteiger partial charge in [-0.3, -0.25) is 9.48 Å². The van der Waals surface area contributed by atoms with Crippen molar-refractivity contribution >= 4 is 33.1 Å². The van der Waals surface area contributed by atoms with Crippen LogP contribution >= 0.6 is 0 Å². The molecule has 0 saturated heterocycles. The minimum Gasteiger partial charge on any atom is -0.493 e. The number of aromatic amines is 1. The summed E-state index contributed by atoms with van der Waals surface area (Å²) >= 11 is 0. The summed E-state index contributed by atoms with van der Waals surface area (Å²) in [4.78, 5) is 16.9. The van der Waals surface area contributed by atoms with Gasteiger partial charge in [0.2, 0.25) is 5.75 Å². The highest BCUT2D eigenvalue weighted by molar-refractivity contribution is 6.14. The lowest BCUT2D eigenvalue weighted by atomic mass is 10.0. The molecule has 3 aromatic heterocycles. The van der Waals surface area contributed by atoms with Gasteiger partial charge in [-0.2, -0.15) is 0 Å². The van der Waals surface area contributed by atoms with E-state index in [-0.39, 0.29) is 11.5 Å². The zero-order valence-corrected chi connectivity index (χ0v) is 17.9. The van der Waals surface area contributed by atoms with Gasteiger partial charge in [-0.05, 0) is 43.7 Å². The molecule has 0 spiro atoms. The predicted octanol–water partition coefficient (Wildman–Crippen LogP) is 4.65. The number of benzene rings is 2. The van der Waals surface area contributed by atoms with Crippen molar-refractivity contribution in [3.8, 4) is 28.4 Å². The quantitative estimate of drug-likeness (QED) is 0.447. The molecule has 32 heavy (non-hydrogen) atoms. The molecule has 6 rings (SSSR count). The molecule has 0 unspecified atom stereocenters. The lowest BCUT2D eigenvalue weighted by Crippen LogP contribution is -2.16. The van der Waals surface area contributed by atoms with Gasteiger partial charge in [0, 0.05) is 34.6 Å². The summed E-state index contributed by atoms with van der Waals surface area (Å²) in [5.41, 5.74) is 4.20. The zero-order chi connectivity index (χ0) is 22.0. The van der Waals surface area contributed by atoms with Gasteiger partial charge in [-0.1, -0.05) is 0 Å². The zero-order valence-electron chi connectivity index (χ0n) is 17.9. The number of H-pyrrole nitrogens is 1. The molecular formula is C24H21N3O5. The number of nitrogens with zero attached hydrogens (tertiary/aromatic N) is 2. The number of hydrogen-bond donors (Lipinski definition) is 1. The van der Waals surface area contributed by atoms with Crippen LogP contribution in [0.25, 0.3) is 44.2 Å². The number of ether oxygens (including phenoxy) is 3. The average Bonchev–Trinajstić information content (AvgIpc) is 3.37. The Hall–Kier alpha value is -3.94. The minimum absolute atomic E-state index is 0.108. The first-order valence-corrected chi connectivity index (χ1v) is 10.5. The third kappa shape index (κ3) is 2.62. The molecule has 5 aromatic rings. The molecule has 1 aliphatic heterocycles. The Morgan fingerprint density at radius 1 is 1.12 bits per heavy atom. The Balaban J connectivity index is 1.77. The fraction of sp³-hybridized carbons (Fsp3) is 0.250. The van der Waals surface area contributed by atoms with Gasteiger partial charge in [0.15, 0.2) is 28.2 Å².